The molecule has 1 N–H and O–H groups in total. The monoisotopic (exact) mass is 531 g/mol. The molecule has 0 spiro atoms. The fourth-order valence-corrected chi connectivity index (χ4v) is 4.15. The van der Waals surface area contributed by atoms with Crippen LogP contribution >= 0.6 is 0 Å². The molecule has 2 amide bonds. The highest BCUT2D eigenvalue weighted by Crippen LogP contribution is 2.32. The van der Waals surface area contributed by atoms with Crippen LogP contribution in [0.25, 0.3) is 0 Å². The second kappa shape index (κ2) is 11.7. The van der Waals surface area contributed by atoms with E-state index in [1.54, 1.807) is 6.92 Å². The number of benzene rings is 2. The van der Waals surface area contributed by atoms with Crippen molar-refractivity contribution in [2.75, 3.05) is 17.1 Å². The van der Waals surface area contributed by atoms with E-state index in [1.165, 1.54) is 31.2 Å². The maximum absolute atomic E-state index is 14.4. The zero-order chi connectivity index (χ0) is 27.3. The molecule has 0 bridgehead atoms. The molecule has 0 fully saturated rings. The molecule has 0 saturated heterocycles. The quantitative estimate of drug-likeness (QED) is 0.471. The van der Waals surface area contributed by atoms with Crippen LogP contribution in [0, 0.1) is 5.82 Å². The van der Waals surface area contributed by atoms with Gasteiger partial charge in [-0.2, -0.15) is 13.2 Å². The van der Waals surface area contributed by atoms with E-state index in [0.29, 0.717) is 16.8 Å². The highest BCUT2D eigenvalue weighted by atomic mass is 32.2. The molecule has 0 unspecified atom stereocenters. The minimum Gasteiger partial charge on any atom is -0.352 e. The van der Waals surface area contributed by atoms with E-state index in [9.17, 15) is 35.6 Å². The Hall–Kier alpha value is -3.15. The van der Waals surface area contributed by atoms with Crippen LogP contribution in [0.4, 0.5) is 23.2 Å². The molecule has 0 radical (unpaired) electrons. The third-order valence-corrected chi connectivity index (χ3v) is 6.75. The third kappa shape index (κ3) is 7.67. The van der Waals surface area contributed by atoms with Gasteiger partial charge < -0.3 is 10.2 Å². The summed E-state index contributed by atoms with van der Waals surface area (Å²) in [6.07, 6.45) is -3.37. The van der Waals surface area contributed by atoms with E-state index >= 15 is 0 Å². The summed E-state index contributed by atoms with van der Waals surface area (Å²) in [7, 11) is -4.21. The molecule has 7 nitrogen and oxygen atoms in total. The molecule has 12 heteroatoms. The first-order valence-corrected chi connectivity index (χ1v) is 13.0. The van der Waals surface area contributed by atoms with E-state index in [1.807, 2.05) is 6.92 Å². The van der Waals surface area contributed by atoms with Crippen molar-refractivity contribution in [3.8, 4) is 0 Å². The van der Waals surface area contributed by atoms with Crippen molar-refractivity contribution in [1.82, 2.24) is 10.2 Å². The molecule has 0 aliphatic heterocycles. The number of nitrogens with one attached hydrogen (secondary N) is 1. The van der Waals surface area contributed by atoms with Gasteiger partial charge in [0, 0.05) is 18.2 Å². The SMILES string of the molecule is CC[C@@H](C)NC(=O)[C@@H](C)N(Cc1ccccc1F)C(=O)CN(c1cccc(C(F)(F)F)c1)S(C)(=O)=O. The van der Waals surface area contributed by atoms with Crippen molar-refractivity contribution in [1.29, 1.82) is 0 Å². The second-order valence-corrected chi connectivity index (χ2v) is 10.3. The summed E-state index contributed by atoms with van der Waals surface area (Å²) in [6.45, 7) is 3.76. The average molecular weight is 532 g/mol. The van der Waals surface area contributed by atoms with Crippen LogP contribution < -0.4 is 9.62 Å². The number of nitrogens with zero attached hydrogens (tertiary/aromatic N) is 2. The zero-order valence-electron chi connectivity index (χ0n) is 20.3. The van der Waals surface area contributed by atoms with Crippen molar-refractivity contribution in [3.05, 3.63) is 65.5 Å². The topological polar surface area (TPSA) is 86.8 Å². The van der Waals surface area contributed by atoms with Gasteiger partial charge in [0.25, 0.3) is 0 Å². The van der Waals surface area contributed by atoms with Crippen molar-refractivity contribution in [2.45, 2.75) is 52.0 Å². The Bertz CT molecular complexity index is 1190. The predicted molar refractivity (Wildman–Crippen MR) is 128 cm³/mol. The summed E-state index contributed by atoms with van der Waals surface area (Å²) in [6, 6.07) is 7.77. The summed E-state index contributed by atoms with van der Waals surface area (Å²) in [5.41, 5.74) is -1.38. The van der Waals surface area contributed by atoms with Crippen LogP contribution in [0.15, 0.2) is 48.5 Å². The van der Waals surface area contributed by atoms with E-state index in [0.717, 1.165) is 29.4 Å². The number of rotatable bonds is 10. The van der Waals surface area contributed by atoms with E-state index in [4.69, 9.17) is 0 Å². The first-order chi connectivity index (χ1) is 16.6. The van der Waals surface area contributed by atoms with Crippen molar-refractivity contribution in [2.24, 2.45) is 0 Å². The minimum atomic E-state index is -4.73. The number of carbonyl (C=O) groups is 2. The fourth-order valence-electron chi connectivity index (χ4n) is 3.31. The third-order valence-electron chi connectivity index (χ3n) is 5.61. The number of hydrogen-bond acceptors (Lipinski definition) is 4. The van der Waals surface area contributed by atoms with Gasteiger partial charge >= 0.3 is 6.18 Å². The Morgan fingerprint density at radius 1 is 1.06 bits per heavy atom. The first kappa shape index (κ1) is 29.1. The summed E-state index contributed by atoms with van der Waals surface area (Å²) in [4.78, 5) is 27.2. The zero-order valence-corrected chi connectivity index (χ0v) is 21.2. The second-order valence-electron chi connectivity index (χ2n) is 8.42. The molecule has 36 heavy (non-hydrogen) atoms. The van der Waals surface area contributed by atoms with Crippen molar-refractivity contribution < 1.29 is 35.6 Å². The Balaban J connectivity index is 2.45. The molecule has 2 atom stereocenters. The van der Waals surface area contributed by atoms with Crippen LogP contribution in [0.5, 0.6) is 0 Å². The van der Waals surface area contributed by atoms with Gasteiger partial charge in [-0.25, -0.2) is 12.8 Å². The minimum absolute atomic E-state index is 0.0824. The van der Waals surface area contributed by atoms with Crippen LogP contribution in [0.3, 0.4) is 0 Å². The Labute approximate surface area is 208 Å². The number of sulfonamides is 1. The van der Waals surface area contributed by atoms with Crippen LogP contribution in [-0.4, -0.2) is 50.0 Å². The van der Waals surface area contributed by atoms with Crippen molar-refractivity contribution >= 4 is 27.5 Å². The molecule has 0 aliphatic carbocycles. The lowest BCUT2D eigenvalue weighted by molar-refractivity contribution is -0.139. The van der Waals surface area contributed by atoms with Crippen LogP contribution in [0.2, 0.25) is 0 Å². The fraction of sp³-hybridized carbons (Fsp3) is 0.417. The molecule has 0 heterocycles. The lowest BCUT2D eigenvalue weighted by atomic mass is 10.1. The van der Waals surface area contributed by atoms with Gasteiger partial charge in [0.1, 0.15) is 18.4 Å². The van der Waals surface area contributed by atoms with Gasteiger partial charge in [-0.15, -0.1) is 0 Å². The summed E-state index contributed by atoms with van der Waals surface area (Å²) >= 11 is 0. The van der Waals surface area contributed by atoms with Gasteiger partial charge in [-0.05, 0) is 44.5 Å². The summed E-state index contributed by atoms with van der Waals surface area (Å²) in [5, 5.41) is 2.72. The molecule has 2 aromatic carbocycles. The predicted octanol–water partition coefficient (Wildman–Crippen LogP) is 3.94. The summed E-state index contributed by atoms with van der Waals surface area (Å²) in [5.74, 6) is -2.07. The van der Waals surface area contributed by atoms with E-state index in [2.05, 4.69) is 5.32 Å². The molecular weight excluding hydrogens is 502 g/mol. The number of carbonyl (C=O) groups excluding carboxylic acids is 2. The molecule has 0 aliphatic rings. The normalized spacial score (nSPS) is 13.6. The lowest BCUT2D eigenvalue weighted by Crippen LogP contribution is -2.52. The largest absolute Gasteiger partial charge is 0.416 e. The molecule has 198 valence electrons. The summed E-state index contributed by atoms with van der Waals surface area (Å²) < 4.78 is 79.5. The molecule has 2 rings (SSSR count). The van der Waals surface area contributed by atoms with Crippen LogP contribution in [-0.2, 0) is 32.3 Å². The van der Waals surface area contributed by atoms with Crippen LogP contribution in [0.1, 0.15) is 38.3 Å². The first-order valence-electron chi connectivity index (χ1n) is 11.1. The number of hydrogen-bond donors (Lipinski definition) is 1. The van der Waals surface area contributed by atoms with Gasteiger partial charge in [0.15, 0.2) is 0 Å². The molecule has 2 aromatic rings. The molecular formula is C24H29F4N3O4S. The highest BCUT2D eigenvalue weighted by Gasteiger charge is 2.34. The van der Waals surface area contributed by atoms with E-state index in [-0.39, 0.29) is 23.8 Å². The van der Waals surface area contributed by atoms with Gasteiger partial charge in [0.05, 0.1) is 17.5 Å². The maximum Gasteiger partial charge on any atom is 0.416 e. The van der Waals surface area contributed by atoms with Gasteiger partial charge in [-0.1, -0.05) is 31.2 Å². The smallest absolute Gasteiger partial charge is 0.352 e. The number of alkyl halides is 3. The van der Waals surface area contributed by atoms with Gasteiger partial charge in [-0.3, -0.25) is 13.9 Å². The average Bonchev–Trinajstić information content (AvgIpc) is 2.80. The van der Waals surface area contributed by atoms with Gasteiger partial charge in [0.2, 0.25) is 21.8 Å². The lowest BCUT2D eigenvalue weighted by Gasteiger charge is -2.32. The van der Waals surface area contributed by atoms with Crippen molar-refractivity contribution in [3.63, 3.8) is 0 Å². The molecule has 0 aromatic heterocycles. The highest BCUT2D eigenvalue weighted by molar-refractivity contribution is 7.92. The molecule has 0 saturated carbocycles. The Morgan fingerprint density at radius 2 is 1.69 bits per heavy atom. The Kier molecular flexibility index (Phi) is 9.47. The number of halogens is 4. The number of amides is 2. The van der Waals surface area contributed by atoms with E-state index < -0.39 is 52.0 Å². The standard InChI is InChI=1S/C24H29F4N3O4S/c1-5-16(2)29-23(33)17(3)30(14-18-9-6-7-12-21(18)25)22(32)15-31(36(4,34)35)20-11-8-10-19(13-20)24(26,27)28/h6-13,16-17H,5,14-15H2,1-4H3,(H,29,33)/t16-,17-/m1/s1. The Morgan fingerprint density at radius 3 is 2.25 bits per heavy atom. The maximum atomic E-state index is 14.4. The number of anilines is 1.